The lowest BCUT2D eigenvalue weighted by Gasteiger charge is -2.25. The maximum Gasteiger partial charge on any atom is 0.159 e. The number of anilines is 1. The molecule has 1 aromatic carbocycles. The molecular weight excluding hydrogens is 407 g/mol. The summed E-state index contributed by atoms with van der Waals surface area (Å²) in [7, 11) is 0. The Hall–Kier alpha value is -3.05. The molecule has 2 saturated carbocycles. The van der Waals surface area contributed by atoms with Crippen LogP contribution in [0.4, 0.5) is 10.2 Å². The van der Waals surface area contributed by atoms with Gasteiger partial charge in [-0.1, -0.05) is 0 Å². The van der Waals surface area contributed by atoms with E-state index in [4.69, 9.17) is 0 Å². The molecule has 1 aliphatic heterocycles. The Morgan fingerprint density at radius 3 is 2.66 bits per heavy atom. The highest BCUT2D eigenvalue weighted by Gasteiger charge is 2.76. The van der Waals surface area contributed by atoms with Crippen molar-refractivity contribution < 1.29 is 9.50 Å². The molecule has 1 N–H and O–H groups in total. The van der Waals surface area contributed by atoms with E-state index in [2.05, 4.69) is 26.0 Å². The van der Waals surface area contributed by atoms with E-state index in [1.807, 2.05) is 19.9 Å². The summed E-state index contributed by atoms with van der Waals surface area (Å²) >= 11 is 0. The maximum absolute atomic E-state index is 15.0. The Morgan fingerprint density at radius 2 is 2.00 bits per heavy atom. The zero-order valence-electron chi connectivity index (χ0n) is 18.2. The molecule has 3 aromatic rings. The average molecular weight is 433 g/mol. The number of aliphatic hydroxyl groups is 1. The standard InChI is InChI=1S/C24H25FN6O/c1-22(2,32)16-3-6-30(11-16)20-9-21(28-14-27-20)31-19-8-17(18(25)7-15(19)10-29-31)24(13-26)12-23(24)4-5-23/h7-10,14,16,32H,3-6,11-12H2,1-2H3/t16-,24+/m1/s1. The van der Waals surface area contributed by atoms with Crippen LogP contribution in [0.3, 0.4) is 0 Å². The zero-order chi connectivity index (χ0) is 22.3. The minimum atomic E-state index is -0.734. The van der Waals surface area contributed by atoms with Gasteiger partial charge in [-0.3, -0.25) is 0 Å². The van der Waals surface area contributed by atoms with Crippen LogP contribution in [-0.2, 0) is 5.41 Å². The van der Waals surface area contributed by atoms with E-state index < -0.39 is 11.0 Å². The first kappa shape index (κ1) is 19.6. The van der Waals surface area contributed by atoms with Crippen molar-refractivity contribution in [2.24, 2.45) is 11.3 Å². The lowest BCUT2D eigenvalue weighted by atomic mass is 9.90. The van der Waals surface area contributed by atoms with Gasteiger partial charge in [0.15, 0.2) is 5.82 Å². The van der Waals surface area contributed by atoms with Gasteiger partial charge in [-0.05, 0) is 57.1 Å². The molecule has 3 heterocycles. The Bertz CT molecular complexity index is 1280. The van der Waals surface area contributed by atoms with Crippen LogP contribution >= 0.6 is 0 Å². The first-order valence-electron chi connectivity index (χ1n) is 11.2. The summed E-state index contributed by atoms with van der Waals surface area (Å²) in [6, 6.07) is 7.57. The molecule has 0 unspecified atom stereocenters. The summed E-state index contributed by atoms with van der Waals surface area (Å²) in [4.78, 5) is 11.0. The molecule has 6 rings (SSSR count). The van der Waals surface area contributed by atoms with Crippen molar-refractivity contribution in [2.75, 3.05) is 18.0 Å². The average Bonchev–Trinajstić information content (AvgIpc) is 3.51. The fourth-order valence-corrected chi connectivity index (χ4v) is 5.54. The highest BCUT2D eigenvalue weighted by Crippen LogP contribution is 2.78. The SMILES string of the molecule is CC(C)(O)[C@@H]1CCN(c2cc(-n3ncc4cc(F)c([C@@]5(C#N)CC56CC6)cc43)ncn2)C1. The minimum Gasteiger partial charge on any atom is -0.390 e. The molecular formula is C24H25FN6O. The molecule has 7 nitrogen and oxygen atoms in total. The number of nitrogens with zero attached hydrogens (tertiary/aromatic N) is 6. The third-order valence-electron chi connectivity index (χ3n) is 7.91. The normalized spacial score (nSPS) is 26.0. The molecule has 0 bridgehead atoms. The van der Waals surface area contributed by atoms with Crippen molar-refractivity contribution >= 4 is 16.7 Å². The number of halogens is 1. The molecule has 0 radical (unpaired) electrons. The Kier molecular flexibility index (Phi) is 3.84. The molecule has 1 spiro atoms. The van der Waals surface area contributed by atoms with Crippen molar-refractivity contribution in [3.05, 3.63) is 42.1 Å². The van der Waals surface area contributed by atoms with Crippen molar-refractivity contribution in [2.45, 2.75) is 50.5 Å². The van der Waals surface area contributed by atoms with Crippen molar-refractivity contribution in [1.29, 1.82) is 5.26 Å². The van der Waals surface area contributed by atoms with E-state index in [1.54, 1.807) is 16.9 Å². The van der Waals surface area contributed by atoms with Crippen LogP contribution in [0.1, 0.15) is 45.1 Å². The van der Waals surface area contributed by atoms with E-state index in [9.17, 15) is 14.8 Å². The summed E-state index contributed by atoms with van der Waals surface area (Å²) < 4.78 is 16.7. The van der Waals surface area contributed by atoms with Gasteiger partial charge in [-0.25, -0.2) is 19.0 Å². The van der Waals surface area contributed by atoms with Crippen LogP contribution in [0.25, 0.3) is 16.7 Å². The third-order valence-corrected chi connectivity index (χ3v) is 7.91. The summed E-state index contributed by atoms with van der Waals surface area (Å²) in [6.45, 7) is 5.23. The lowest BCUT2D eigenvalue weighted by Crippen LogP contribution is -2.33. The van der Waals surface area contributed by atoms with Crippen LogP contribution in [0.2, 0.25) is 0 Å². The summed E-state index contributed by atoms with van der Waals surface area (Å²) in [6.07, 6.45) is 6.76. The number of fused-ring (bicyclic) bond motifs is 1. The van der Waals surface area contributed by atoms with Gasteiger partial charge < -0.3 is 10.0 Å². The van der Waals surface area contributed by atoms with E-state index in [0.717, 1.165) is 50.1 Å². The molecule has 3 fully saturated rings. The molecule has 1 saturated heterocycles. The number of benzene rings is 1. The van der Waals surface area contributed by atoms with Gasteiger partial charge in [0.05, 0.1) is 28.8 Å². The number of hydrogen-bond donors (Lipinski definition) is 1. The number of nitriles is 1. The summed E-state index contributed by atoms with van der Waals surface area (Å²) in [5, 5.41) is 25.4. The second-order valence-electron chi connectivity index (χ2n) is 10.2. The lowest BCUT2D eigenvalue weighted by molar-refractivity contribution is 0.0263. The van der Waals surface area contributed by atoms with Crippen LogP contribution in [0.5, 0.6) is 0 Å². The fraction of sp³-hybridized carbons (Fsp3) is 0.500. The number of hydrogen-bond acceptors (Lipinski definition) is 6. The van der Waals surface area contributed by atoms with Gasteiger partial charge in [-0.2, -0.15) is 10.4 Å². The van der Waals surface area contributed by atoms with Gasteiger partial charge in [-0.15, -0.1) is 0 Å². The molecule has 8 heteroatoms. The molecule has 2 atom stereocenters. The Morgan fingerprint density at radius 1 is 1.22 bits per heavy atom. The van der Waals surface area contributed by atoms with Gasteiger partial charge in [0.1, 0.15) is 18.0 Å². The molecule has 2 aromatic heterocycles. The number of aromatic nitrogens is 4. The summed E-state index contributed by atoms with van der Waals surface area (Å²) in [5.41, 5.74) is -0.246. The topological polar surface area (TPSA) is 90.9 Å². The molecule has 0 amide bonds. The first-order chi connectivity index (χ1) is 15.3. The van der Waals surface area contributed by atoms with E-state index in [-0.39, 0.29) is 17.2 Å². The minimum absolute atomic E-state index is 0.0179. The molecule has 3 aliphatic rings. The van der Waals surface area contributed by atoms with Gasteiger partial charge in [0.2, 0.25) is 0 Å². The van der Waals surface area contributed by atoms with Crippen LogP contribution < -0.4 is 4.90 Å². The largest absolute Gasteiger partial charge is 0.390 e. The second kappa shape index (κ2) is 6.26. The van der Waals surface area contributed by atoms with Crippen LogP contribution in [-0.4, -0.2) is 43.5 Å². The number of rotatable bonds is 4. The smallest absolute Gasteiger partial charge is 0.159 e. The van der Waals surface area contributed by atoms with Crippen molar-refractivity contribution in [3.8, 4) is 11.9 Å². The van der Waals surface area contributed by atoms with E-state index in [1.165, 1.54) is 12.4 Å². The highest BCUT2D eigenvalue weighted by molar-refractivity contribution is 5.82. The Balaban J connectivity index is 1.38. The third kappa shape index (κ3) is 2.70. The molecule has 164 valence electrons. The van der Waals surface area contributed by atoms with Gasteiger partial charge in [0, 0.05) is 36.0 Å². The van der Waals surface area contributed by atoms with E-state index in [0.29, 0.717) is 16.8 Å². The van der Waals surface area contributed by atoms with Gasteiger partial charge >= 0.3 is 0 Å². The van der Waals surface area contributed by atoms with E-state index >= 15 is 0 Å². The van der Waals surface area contributed by atoms with Gasteiger partial charge in [0.25, 0.3) is 0 Å². The quantitative estimate of drug-likeness (QED) is 0.679. The summed E-state index contributed by atoms with van der Waals surface area (Å²) in [5.74, 6) is 1.21. The van der Waals surface area contributed by atoms with Crippen molar-refractivity contribution in [3.63, 3.8) is 0 Å². The zero-order valence-corrected chi connectivity index (χ0v) is 18.2. The van der Waals surface area contributed by atoms with Crippen LogP contribution in [0.15, 0.2) is 30.7 Å². The molecule has 2 aliphatic carbocycles. The maximum atomic E-state index is 15.0. The van der Waals surface area contributed by atoms with Crippen molar-refractivity contribution in [1.82, 2.24) is 19.7 Å². The first-order valence-corrected chi connectivity index (χ1v) is 11.2. The monoisotopic (exact) mass is 432 g/mol. The predicted octanol–water partition coefficient (Wildman–Crippen LogP) is 3.50. The highest BCUT2D eigenvalue weighted by atomic mass is 19.1. The predicted molar refractivity (Wildman–Crippen MR) is 117 cm³/mol. The fourth-order valence-electron chi connectivity index (χ4n) is 5.54. The molecule has 32 heavy (non-hydrogen) atoms. The van der Waals surface area contributed by atoms with Crippen LogP contribution in [0, 0.1) is 28.5 Å². The second-order valence-corrected chi connectivity index (χ2v) is 10.2. The Labute approximate surface area is 185 Å².